The Hall–Kier alpha value is -2.41. The molecule has 2 amide bonds. The van der Waals surface area contributed by atoms with Crippen molar-refractivity contribution in [1.29, 1.82) is 0 Å². The number of likely N-dealkylation sites (tertiary alicyclic amines) is 1. The van der Waals surface area contributed by atoms with E-state index in [0.29, 0.717) is 35.5 Å². The summed E-state index contributed by atoms with van der Waals surface area (Å²) in [5.74, 6) is 2.40. The molecule has 1 aliphatic heterocycles. The monoisotopic (exact) mass is 407 g/mol. The van der Waals surface area contributed by atoms with Crippen LogP contribution in [0.25, 0.3) is 5.65 Å². The lowest BCUT2D eigenvalue weighted by atomic mass is 9.49. The Kier molecular flexibility index (Phi) is 4.01. The van der Waals surface area contributed by atoms with Crippen LogP contribution in [0.4, 0.5) is 0 Å². The van der Waals surface area contributed by atoms with E-state index >= 15 is 0 Å². The smallest absolute Gasteiger partial charge is 0.274 e. The Morgan fingerprint density at radius 1 is 1.10 bits per heavy atom. The van der Waals surface area contributed by atoms with E-state index in [2.05, 4.69) is 10.3 Å². The number of carbonyl (C=O) groups is 2. The zero-order chi connectivity index (χ0) is 20.5. The fraction of sp³-hybridized carbons (Fsp3) is 0.609. The fourth-order valence-corrected chi connectivity index (χ4v) is 7.00. The standard InChI is InChI=1S/C23H29N5O2/c24-17-10-27(11-17)22(30)18-12-28-19(2-1-3-20(28)26-18)21(29)25-13-23-7-14-4-15(8-23)6-16(5-14)9-23/h1-3,12,14-17H,4-11,13,24H2,(H,25,29). The molecule has 7 heteroatoms. The number of hydrogen-bond donors (Lipinski definition) is 2. The molecule has 2 aromatic rings. The Balaban J connectivity index is 1.20. The third kappa shape index (κ3) is 2.94. The van der Waals surface area contributed by atoms with Gasteiger partial charge in [0, 0.05) is 31.9 Å². The number of fused-ring (bicyclic) bond motifs is 1. The van der Waals surface area contributed by atoms with Gasteiger partial charge < -0.3 is 16.0 Å². The number of imidazole rings is 1. The predicted octanol–water partition coefficient (Wildman–Crippen LogP) is 2.06. The topological polar surface area (TPSA) is 92.7 Å². The molecule has 30 heavy (non-hydrogen) atoms. The molecule has 0 aromatic carbocycles. The molecule has 7 nitrogen and oxygen atoms in total. The van der Waals surface area contributed by atoms with Crippen LogP contribution < -0.4 is 11.1 Å². The van der Waals surface area contributed by atoms with Gasteiger partial charge in [0.05, 0.1) is 0 Å². The highest BCUT2D eigenvalue weighted by atomic mass is 16.2. The van der Waals surface area contributed by atoms with Crippen molar-refractivity contribution in [3.63, 3.8) is 0 Å². The molecule has 0 spiro atoms. The highest BCUT2D eigenvalue weighted by Gasteiger charge is 2.50. The molecule has 4 bridgehead atoms. The van der Waals surface area contributed by atoms with Gasteiger partial charge in [-0.05, 0) is 73.8 Å². The van der Waals surface area contributed by atoms with E-state index in [0.717, 1.165) is 24.3 Å². The molecule has 0 radical (unpaired) electrons. The first kappa shape index (κ1) is 18.4. The zero-order valence-electron chi connectivity index (χ0n) is 17.2. The molecular formula is C23H29N5O2. The largest absolute Gasteiger partial charge is 0.350 e. The molecule has 7 rings (SSSR count). The molecule has 4 aliphatic carbocycles. The van der Waals surface area contributed by atoms with Crippen molar-refractivity contribution in [1.82, 2.24) is 19.6 Å². The third-order valence-electron chi connectivity index (χ3n) is 7.93. The van der Waals surface area contributed by atoms with E-state index in [-0.39, 0.29) is 17.9 Å². The van der Waals surface area contributed by atoms with Gasteiger partial charge in [-0.25, -0.2) is 4.98 Å². The Morgan fingerprint density at radius 2 is 1.77 bits per heavy atom. The molecule has 0 atom stereocenters. The van der Waals surface area contributed by atoms with Gasteiger partial charge in [-0.1, -0.05) is 6.07 Å². The summed E-state index contributed by atoms with van der Waals surface area (Å²) in [6, 6.07) is 5.51. The molecule has 4 saturated carbocycles. The second-order valence-corrected chi connectivity index (χ2v) is 10.3. The van der Waals surface area contributed by atoms with Crippen LogP contribution >= 0.6 is 0 Å². The molecular weight excluding hydrogens is 378 g/mol. The van der Waals surface area contributed by atoms with Crippen LogP contribution in [0.3, 0.4) is 0 Å². The van der Waals surface area contributed by atoms with E-state index in [9.17, 15) is 9.59 Å². The zero-order valence-corrected chi connectivity index (χ0v) is 17.2. The molecule has 3 heterocycles. The fourth-order valence-electron chi connectivity index (χ4n) is 7.00. The maximum absolute atomic E-state index is 13.1. The molecule has 158 valence electrons. The number of rotatable bonds is 4. The van der Waals surface area contributed by atoms with Crippen molar-refractivity contribution in [2.75, 3.05) is 19.6 Å². The van der Waals surface area contributed by atoms with Gasteiger partial charge in [0.1, 0.15) is 17.0 Å². The minimum Gasteiger partial charge on any atom is -0.350 e. The van der Waals surface area contributed by atoms with Crippen molar-refractivity contribution in [2.24, 2.45) is 28.9 Å². The van der Waals surface area contributed by atoms with E-state index in [1.165, 1.54) is 38.5 Å². The minimum atomic E-state index is -0.125. The van der Waals surface area contributed by atoms with Gasteiger partial charge in [0.15, 0.2) is 0 Å². The lowest BCUT2D eigenvalue weighted by molar-refractivity contribution is -0.0503. The van der Waals surface area contributed by atoms with Crippen molar-refractivity contribution < 1.29 is 9.59 Å². The van der Waals surface area contributed by atoms with E-state index in [4.69, 9.17) is 5.73 Å². The Labute approximate surface area is 176 Å². The lowest BCUT2D eigenvalue weighted by Crippen LogP contribution is -2.57. The van der Waals surface area contributed by atoms with E-state index < -0.39 is 0 Å². The molecule has 2 aromatic heterocycles. The summed E-state index contributed by atoms with van der Waals surface area (Å²) in [6.07, 6.45) is 9.70. The summed E-state index contributed by atoms with van der Waals surface area (Å²) in [4.78, 5) is 31.8. The molecule has 5 fully saturated rings. The highest BCUT2D eigenvalue weighted by molar-refractivity contribution is 5.96. The van der Waals surface area contributed by atoms with Crippen LogP contribution in [0.2, 0.25) is 0 Å². The van der Waals surface area contributed by atoms with Crippen LogP contribution in [-0.2, 0) is 0 Å². The SMILES string of the molecule is NC1CN(C(=O)c2cn3c(C(=O)NCC45CC6CC(CC(C6)C4)C5)cccc3n2)C1. The minimum absolute atomic E-state index is 0.0527. The molecule has 1 saturated heterocycles. The van der Waals surface area contributed by atoms with Crippen LogP contribution in [-0.4, -0.2) is 51.8 Å². The summed E-state index contributed by atoms with van der Waals surface area (Å²) in [5, 5.41) is 3.24. The number of hydrogen-bond acceptors (Lipinski definition) is 4. The number of pyridine rings is 1. The van der Waals surface area contributed by atoms with Gasteiger partial charge in [-0.15, -0.1) is 0 Å². The van der Waals surface area contributed by atoms with Gasteiger partial charge in [-0.3, -0.25) is 14.0 Å². The summed E-state index contributed by atoms with van der Waals surface area (Å²) in [6.45, 7) is 1.88. The van der Waals surface area contributed by atoms with E-state index in [1.807, 2.05) is 12.1 Å². The quantitative estimate of drug-likeness (QED) is 0.811. The third-order valence-corrected chi connectivity index (χ3v) is 7.93. The predicted molar refractivity (Wildman–Crippen MR) is 112 cm³/mol. The van der Waals surface area contributed by atoms with Crippen molar-refractivity contribution in [3.8, 4) is 0 Å². The summed E-state index contributed by atoms with van der Waals surface area (Å²) in [5.41, 5.74) is 7.60. The molecule has 0 unspecified atom stereocenters. The van der Waals surface area contributed by atoms with Crippen molar-refractivity contribution >= 4 is 17.5 Å². The normalized spacial score (nSPS) is 32.4. The van der Waals surface area contributed by atoms with Crippen molar-refractivity contribution in [2.45, 2.75) is 44.6 Å². The maximum atomic E-state index is 13.1. The first-order valence-corrected chi connectivity index (χ1v) is 11.3. The summed E-state index contributed by atoms with van der Waals surface area (Å²) in [7, 11) is 0. The average Bonchev–Trinajstić information content (AvgIpc) is 3.12. The van der Waals surface area contributed by atoms with Crippen molar-refractivity contribution in [3.05, 3.63) is 35.8 Å². The number of nitrogens with two attached hydrogens (primary N) is 1. The number of nitrogens with one attached hydrogen (secondary N) is 1. The Morgan fingerprint density at radius 3 is 2.40 bits per heavy atom. The second kappa shape index (κ2) is 6.54. The van der Waals surface area contributed by atoms with E-state index in [1.54, 1.807) is 21.6 Å². The number of amides is 2. The van der Waals surface area contributed by atoms with Crippen LogP contribution in [0.15, 0.2) is 24.4 Å². The van der Waals surface area contributed by atoms with Gasteiger partial charge in [-0.2, -0.15) is 0 Å². The average molecular weight is 408 g/mol. The van der Waals surface area contributed by atoms with Crippen LogP contribution in [0, 0.1) is 23.2 Å². The van der Waals surface area contributed by atoms with Gasteiger partial charge >= 0.3 is 0 Å². The Bertz CT molecular complexity index is 986. The summed E-state index contributed by atoms with van der Waals surface area (Å²) < 4.78 is 1.74. The van der Waals surface area contributed by atoms with Crippen LogP contribution in [0.5, 0.6) is 0 Å². The first-order valence-electron chi connectivity index (χ1n) is 11.3. The van der Waals surface area contributed by atoms with Gasteiger partial charge in [0.25, 0.3) is 11.8 Å². The van der Waals surface area contributed by atoms with Gasteiger partial charge in [0.2, 0.25) is 0 Å². The number of aromatic nitrogens is 2. The highest BCUT2D eigenvalue weighted by Crippen LogP contribution is 2.59. The number of nitrogens with zero attached hydrogens (tertiary/aromatic N) is 3. The lowest BCUT2D eigenvalue weighted by Gasteiger charge is -2.56. The molecule has 5 aliphatic rings. The molecule has 3 N–H and O–H groups in total. The maximum Gasteiger partial charge on any atom is 0.274 e. The second-order valence-electron chi connectivity index (χ2n) is 10.3. The first-order chi connectivity index (χ1) is 14.5. The van der Waals surface area contributed by atoms with Crippen LogP contribution in [0.1, 0.15) is 59.5 Å². The number of carbonyl (C=O) groups excluding carboxylic acids is 2. The summed E-state index contributed by atoms with van der Waals surface area (Å²) >= 11 is 0.